The van der Waals surface area contributed by atoms with E-state index in [2.05, 4.69) is 15.1 Å². The zero-order chi connectivity index (χ0) is 20.8. The average Bonchev–Trinajstić information content (AvgIpc) is 3.09. The van der Waals surface area contributed by atoms with Crippen LogP contribution in [0.4, 0.5) is 5.82 Å². The molecule has 0 aliphatic carbocycles. The number of methoxy groups -OCH3 is 1. The van der Waals surface area contributed by atoms with E-state index in [9.17, 15) is 9.59 Å². The van der Waals surface area contributed by atoms with Gasteiger partial charge in [-0.3, -0.25) is 19.4 Å². The molecule has 0 spiro atoms. The molecule has 0 radical (unpaired) electrons. The van der Waals surface area contributed by atoms with E-state index in [0.717, 1.165) is 28.8 Å². The van der Waals surface area contributed by atoms with Crippen LogP contribution < -0.4 is 15.9 Å². The van der Waals surface area contributed by atoms with Crippen LogP contribution in [-0.2, 0) is 4.74 Å². The minimum atomic E-state index is -0.429. The van der Waals surface area contributed by atoms with Gasteiger partial charge in [0.15, 0.2) is 5.82 Å². The van der Waals surface area contributed by atoms with E-state index < -0.39 is 5.25 Å². The molecule has 0 amide bonds. The third kappa shape index (κ3) is 3.18. The topological polar surface area (TPSA) is 101 Å². The minimum absolute atomic E-state index is 0.134. The number of aromatic amines is 2. The van der Waals surface area contributed by atoms with Gasteiger partial charge in [-0.05, 0) is 44.0 Å². The third-order valence-corrected chi connectivity index (χ3v) is 6.83. The van der Waals surface area contributed by atoms with E-state index in [1.54, 1.807) is 13.2 Å². The summed E-state index contributed by atoms with van der Waals surface area (Å²) in [6.07, 6.45) is 1.64. The van der Waals surface area contributed by atoms with Crippen molar-refractivity contribution in [2.24, 2.45) is 4.99 Å². The summed E-state index contributed by atoms with van der Waals surface area (Å²) in [7, 11) is 1.61. The number of thioether (sulfide) groups is 1. The lowest BCUT2D eigenvalue weighted by molar-refractivity contribution is 0.0666. The smallest absolute Gasteiger partial charge is 0.271 e. The molecule has 30 heavy (non-hydrogen) atoms. The summed E-state index contributed by atoms with van der Waals surface area (Å²) in [5, 5.41) is 4.21. The van der Waals surface area contributed by atoms with E-state index >= 15 is 0 Å². The molecule has 0 bridgehead atoms. The number of ether oxygens (including phenoxy) is 2. The maximum atomic E-state index is 13.0. The molecule has 9 heteroatoms. The van der Waals surface area contributed by atoms with Crippen LogP contribution in [0.1, 0.15) is 42.2 Å². The summed E-state index contributed by atoms with van der Waals surface area (Å²) < 4.78 is 12.6. The van der Waals surface area contributed by atoms with E-state index in [4.69, 9.17) is 9.47 Å². The number of hydrogen-bond donors (Lipinski definition) is 2. The molecule has 8 nitrogen and oxygen atoms in total. The first-order valence-corrected chi connectivity index (χ1v) is 10.8. The highest BCUT2D eigenvalue weighted by atomic mass is 32.2. The fourth-order valence-electron chi connectivity index (χ4n) is 4.16. The fraction of sp³-hybridized carbons (Fsp3) is 0.381. The second kappa shape index (κ2) is 7.48. The Morgan fingerprint density at radius 1 is 1.20 bits per heavy atom. The standard InChI is InChI=1S/C21H22N4O4S/c1-11-22-19-17(21(27)24-25(19)13-5-7-29-8-6-13)18(30-11)15-10-12-9-14(28-2)3-4-16(12)23-20(15)26/h3-4,9-10,13,18H,5-8H2,1-2H3,(H,23,26)(H,24,27)/t18-/m0/s1. The maximum Gasteiger partial charge on any atom is 0.271 e. The Morgan fingerprint density at radius 2 is 2.00 bits per heavy atom. The number of rotatable bonds is 3. The van der Waals surface area contributed by atoms with E-state index in [0.29, 0.717) is 35.9 Å². The Morgan fingerprint density at radius 3 is 2.77 bits per heavy atom. The van der Waals surface area contributed by atoms with Crippen LogP contribution in [0.5, 0.6) is 5.75 Å². The number of benzene rings is 1. The molecule has 156 valence electrons. The summed E-state index contributed by atoms with van der Waals surface area (Å²) in [5.41, 5.74) is 1.39. The molecule has 2 aliphatic rings. The molecule has 1 saturated heterocycles. The first-order chi connectivity index (χ1) is 14.5. The Kier molecular flexibility index (Phi) is 4.79. The van der Waals surface area contributed by atoms with Crippen LogP contribution in [0.25, 0.3) is 10.9 Å². The normalized spacial score (nSPS) is 19.5. The van der Waals surface area contributed by atoms with Gasteiger partial charge in [-0.15, -0.1) is 0 Å². The van der Waals surface area contributed by atoms with Crippen LogP contribution in [-0.4, -0.2) is 40.1 Å². The lowest BCUT2D eigenvalue weighted by Gasteiger charge is -2.26. The number of nitrogens with one attached hydrogen (secondary N) is 2. The summed E-state index contributed by atoms with van der Waals surface area (Å²) in [6, 6.07) is 7.49. The van der Waals surface area contributed by atoms with E-state index in [1.807, 2.05) is 29.8 Å². The molecule has 2 aliphatic heterocycles. The van der Waals surface area contributed by atoms with E-state index in [1.165, 1.54) is 11.8 Å². The number of nitrogens with zero attached hydrogens (tertiary/aromatic N) is 2. The van der Waals surface area contributed by atoms with Gasteiger partial charge in [0.2, 0.25) is 0 Å². The van der Waals surface area contributed by atoms with Crippen LogP contribution in [0.3, 0.4) is 0 Å². The zero-order valence-electron chi connectivity index (χ0n) is 16.7. The maximum absolute atomic E-state index is 13.0. The average molecular weight is 426 g/mol. The number of fused-ring (bicyclic) bond motifs is 2. The molecule has 4 heterocycles. The van der Waals surface area contributed by atoms with Crippen molar-refractivity contribution in [3.05, 3.63) is 56.1 Å². The predicted octanol–water partition coefficient (Wildman–Crippen LogP) is 3.26. The number of aromatic nitrogens is 3. The number of hydrogen-bond acceptors (Lipinski definition) is 6. The van der Waals surface area contributed by atoms with Crippen molar-refractivity contribution in [3.8, 4) is 5.75 Å². The van der Waals surface area contributed by atoms with Gasteiger partial charge in [-0.25, -0.2) is 4.99 Å². The van der Waals surface area contributed by atoms with Gasteiger partial charge in [0.25, 0.3) is 11.1 Å². The molecule has 5 rings (SSSR count). The molecule has 1 atom stereocenters. The molecule has 1 aromatic carbocycles. The van der Waals surface area contributed by atoms with Crippen LogP contribution in [0, 0.1) is 0 Å². The Labute approximate surface area is 176 Å². The number of H-pyrrole nitrogens is 2. The Bertz CT molecular complexity index is 1270. The van der Waals surface area contributed by atoms with Gasteiger partial charge < -0.3 is 14.5 Å². The molecule has 1 fully saturated rings. The molecule has 0 unspecified atom stereocenters. The zero-order valence-corrected chi connectivity index (χ0v) is 17.5. The van der Waals surface area contributed by atoms with Crippen molar-refractivity contribution in [2.45, 2.75) is 31.1 Å². The fourth-order valence-corrected chi connectivity index (χ4v) is 5.27. The van der Waals surface area contributed by atoms with Crippen LogP contribution in [0.15, 0.2) is 38.8 Å². The molecular weight excluding hydrogens is 404 g/mol. The van der Waals surface area contributed by atoms with Crippen molar-refractivity contribution in [1.82, 2.24) is 14.8 Å². The molecule has 2 N–H and O–H groups in total. The second-order valence-electron chi connectivity index (χ2n) is 7.53. The number of aliphatic imine (C=N–C) groups is 1. The predicted molar refractivity (Wildman–Crippen MR) is 117 cm³/mol. The molecule has 2 aromatic heterocycles. The van der Waals surface area contributed by atoms with Gasteiger partial charge in [-0.1, -0.05) is 11.8 Å². The summed E-state index contributed by atoms with van der Waals surface area (Å²) in [5.74, 6) is 1.33. The van der Waals surface area contributed by atoms with Gasteiger partial charge in [-0.2, -0.15) is 0 Å². The van der Waals surface area contributed by atoms with Gasteiger partial charge in [0.05, 0.1) is 29.0 Å². The van der Waals surface area contributed by atoms with Crippen molar-refractivity contribution >= 4 is 33.5 Å². The second-order valence-corrected chi connectivity index (χ2v) is 8.83. The van der Waals surface area contributed by atoms with Gasteiger partial charge in [0.1, 0.15) is 5.75 Å². The minimum Gasteiger partial charge on any atom is -0.497 e. The highest BCUT2D eigenvalue weighted by Gasteiger charge is 2.33. The van der Waals surface area contributed by atoms with E-state index in [-0.39, 0.29) is 17.2 Å². The van der Waals surface area contributed by atoms with Gasteiger partial charge in [0, 0.05) is 29.7 Å². The quantitative estimate of drug-likeness (QED) is 0.669. The van der Waals surface area contributed by atoms with Crippen LogP contribution >= 0.6 is 11.8 Å². The van der Waals surface area contributed by atoms with Crippen molar-refractivity contribution in [2.75, 3.05) is 20.3 Å². The van der Waals surface area contributed by atoms with Crippen molar-refractivity contribution < 1.29 is 9.47 Å². The summed E-state index contributed by atoms with van der Waals surface area (Å²) >= 11 is 1.43. The molecule has 3 aromatic rings. The highest BCUT2D eigenvalue weighted by Crippen LogP contribution is 2.44. The lowest BCUT2D eigenvalue weighted by atomic mass is 10.0. The summed E-state index contributed by atoms with van der Waals surface area (Å²) in [4.78, 5) is 33.5. The Hall–Kier alpha value is -2.78. The Balaban J connectivity index is 1.66. The van der Waals surface area contributed by atoms with Gasteiger partial charge >= 0.3 is 0 Å². The largest absolute Gasteiger partial charge is 0.497 e. The highest BCUT2D eigenvalue weighted by molar-refractivity contribution is 8.14. The first kappa shape index (κ1) is 19.2. The first-order valence-electron chi connectivity index (χ1n) is 9.90. The summed E-state index contributed by atoms with van der Waals surface area (Å²) in [6.45, 7) is 3.23. The SMILES string of the molecule is COc1ccc2[nH]c(=O)c([C@@H]3SC(C)=Nc4c3c(=O)[nH]n4C3CCOCC3)cc2c1. The van der Waals surface area contributed by atoms with Crippen molar-refractivity contribution in [3.63, 3.8) is 0 Å². The lowest BCUT2D eigenvalue weighted by Crippen LogP contribution is -2.21. The van der Waals surface area contributed by atoms with Crippen LogP contribution in [0.2, 0.25) is 0 Å². The molecule has 0 saturated carbocycles. The monoisotopic (exact) mass is 426 g/mol. The number of pyridine rings is 1. The van der Waals surface area contributed by atoms with Crippen molar-refractivity contribution in [1.29, 1.82) is 0 Å². The molecular formula is C21H22N4O4S. The third-order valence-electron chi connectivity index (χ3n) is 5.67.